The van der Waals surface area contributed by atoms with Gasteiger partial charge in [-0.3, -0.25) is 4.79 Å². The van der Waals surface area contributed by atoms with Crippen molar-refractivity contribution in [1.82, 2.24) is 5.32 Å². The Morgan fingerprint density at radius 2 is 0.634 bits per heavy atom. The molecule has 0 bridgehead atoms. The van der Waals surface area contributed by atoms with E-state index in [-0.39, 0.29) is 12.5 Å². The lowest BCUT2D eigenvalue weighted by atomic mass is 10.0. The summed E-state index contributed by atoms with van der Waals surface area (Å²) in [6, 6.07) is -0.643. The van der Waals surface area contributed by atoms with Gasteiger partial charge < -0.3 is 15.5 Å². The maximum absolute atomic E-state index is 12.5. The van der Waals surface area contributed by atoms with Crippen molar-refractivity contribution in [3.05, 3.63) is 72.9 Å². The summed E-state index contributed by atoms with van der Waals surface area (Å²) in [5.74, 6) is -0.0714. The molecule has 2 unspecified atom stereocenters. The van der Waals surface area contributed by atoms with E-state index in [9.17, 15) is 15.0 Å². The molecule has 0 aliphatic rings. The maximum Gasteiger partial charge on any atom is 0.220 e. The van der Waals surface area contributed by atoms with E-state index < -0.39 is 12.1 Å². The lowest BCUT2D eigenvalue weighted by Crippen LogP contribution is -2.45. The Morgan fingerprint density at radius 3 is 0.986 bits per heavy atom. The van der Waals surface area contributed by atoms with Gasteiger partial charge in [-0.15, -0.1) is 0 Å². The zero-order valence-corrected chi connectivity index (χ0v) is 47.7. The standard InChI is InChI=1S/C67H123NO3/c1-3-5-7-9-11-13-15-17-19-21-23-25-27-29-31-33-35-36-38-40-42-44-46-48-50-52-54-56-58-60-62-66(70)65(64-69)68-67(71)63-61-59-57-55-53-51-49-47-45-43-41-39-37-34-32-30-28-26-24-22-20-18-16-14-12-10-8-6-4-2/h6,8,12,14,18,20,24,26,52,54,60,62,65-66,69-70H,3-5,7,9-11,13,15-17,19,21-23,25,27-51,53,55-59,61,63-64H2,1-2H3,(H,68,71)/b8-6-,14-12-,20-18-,26-24-,54-52+,62-60+. The predicted octanol–water partition coefficient (Wildman–Crippen LogP) is 21.3. The van der Waals surface area contributed by atoms with Gasteiger partial charge in [0.15, 0.2) is 0 Å². The zero-order chi connectivity index (χ0) is 51.3. The molecule has 0 saturated heterocycles. The molecule has 0 saturated carbocycles. The quantitative estimate of drug-likeness (QED) is 0.0420. The molecular formula is C67H123NO3. The van der Waals surface area contributed by atoms with Gasteiger partial charge in [-0.1, -0.05) is 324 Å². The molecule has 0 fully saturated rings. The highest BCUT2D eigenvalue weighted by Gasteiger charge is 2.18. The van der Waals surface area contributed by atoms with Crippen LogP contribution in [0.4, 0.5) is 0 Å². The topological polar surface area (TPSA) is 69.6 Å². The molecule has 4 nitrogen and oxygen atoms in total. The Bertz CT molecular complexity index is 1210. The Balaban J connectivity index is 3.50. The minimum atomic E-state index is -0.866. The normalized spacial score (nSPS) is 13.2. The van der Waals surface area contributed by atoms with Crippen molar-refractivity contribution >= 4 is 5.91 Å². The van der Waals surface area contributed by atoms with Crippen LogP contribution in [0.3, 0.4) is 0 Å². The molecule has 4 heteroatoms. The van der Waals surface area contributed by atoms with Gasteiger partial charge in [-0.05, 0) is 70.6 Å². The van der Waals surface area contributed by atoms with Gasteiger partial charge in [-0.25, -0.2) is 0 Å². The Hall–Kier alpha value is -2.17. The molecule has 414 valence electrons. The monoisotopic (exact) mass is 990 g/mol. The van der Waals surface area contributed by atoms with E-state index in [0.717, 1.165) is 57.8 Å². The fourth-order valence-electron chi connectivity index (χ4n) is 9.66. The number of hydrogen-bond acceptors (Lipinski definition) is 3. The molecule has 71 heavy (non-hydrogen) atoms. The first-order valence-corrected chi connectivity index (χ1v) is 31.7. The number of aliphatic hydroxyl groups is 2. The van der Waals surface area contributed by atoms with Crippen LogP contribution in [0.15, 0.2) is 72.9 Å². The van der Waals surface area contributed by atoms with E-state index in [0.29, 0.717) is 6.42 Å². The summed E-state index contributed by atoms with van der Waals surface area (Å²) in [6.07, 6.45) is 89.6. The molecule has 0 aromatic heterocycles. The van der Waals surface area contributed by atoms with Crippen LogP contribution in [0.5, 0.6) is 0 Å². The summed E-state index contributed by atoms with van der Waals surface area (Å²) >= 11 is 0. The number of amides is 1. The van der Waals surface area contributed by atoms with Crippen molar-refractivity contribution in [2.24, 2.45) is 0 Å². The summed E-state index contributed by atoms with van der Waals surface area (Å²) in [4.78, 5) is 12.5. The summed E-state index contributed by atoms with van der Waals surface area (Å²) < 4.78 is 0. The first-order chi connectivity index (χ1) is 35.2. The second-order valence-electron chi connectivity index (χ2n) is 21.4. The van der Waals surface area contributed by atoms with Crippen molar-refractivity contribution in [3.8, 4) is 0 Å². The largest absolute Gasteiger partial charge is 0.394 e. The van der Waals surface area contributed by atoms with Crippen molar-refractivity contribution < 1.29 is 15.0 Å². The molecule has 0 rings (SSSR count). The molecular weight excluding hydrogens is 867 g/mol. The van der Waals surface area contributed by atoms with Crippen LogP contribution in [0.25, 0.3) is 0 Å². The van der Waals surface area contributed by atoms with Gasteiger partial charge in [0.2, 0.25) is 5.91 Å². The maximum atomic E-state index is 12.5. The SMILES string of the molecule is CC/C=C\C/C=C\C/C=C\C/C=C\CCCCCCCCCCCCCCCCCCC(=O)NC(CO)C(O)/C=C/CC/C=C/CCCCCCCCCCCCCCCCCCCCCCCCCC. The highest BCUT2D eigenvalue weighted by molar-refractivity contribution is 5.76. The molecule has 1 amide bonds. The van der Waals surface area contributed by atoms with E-state index >= 15 is 0 Å². The smallest absolute Gasteiger partial charge is 0.220 e. The highest BCUT2D eigenvalue weighted by atomic mass is 16.3. The highest BCUT2D eigenvalue weighted by Crippen LogP contribution is 2.18. The van der Waals surface area contributed by atoms with Crippen LogP contribution in [0.2, 0.25) is 0 Å². The number of aliphatic hydroxyl groups excluding tert-OH is 2. The minimum Gasteiger partial charge on any atom is -0.394 e. The van der Waals surface area contributed by atoms with Crippen LogP contribution in [0.1, 0.15) is 328 Å². The summed E-state index contributed by atoms with van der Waals surface area (Å²) in [6.45, 7) is 4.22. The molecule has 2 atom stereocenters. The Morgan fingerprint density at radius 1 is 0.352 bits per heavy atom. The molecule has 0 spiro atoms. The Labute approximate surface area is 444 Å². The second kappa shape index (κ2) is 62.1. The average molecular weight is 991 g/mol. The average Bonchev–Trinajstić information content (AvgIpc) is 3.37. The number of nitrogens with one attached hydrogen (secondary N) is 1. The van der Waals surface area contributed by atoms with Gasteiger partial charge >= 0.3 is 0 Å². The first kappa shape index (κ1) is 68.8. The van der Waals surface area contributed by atoms with Gasteiger partial charge in [0.25, 0.3) is 0 Å². The van der Waals surface area contributed by atoms with E-state index in [1.54, 1.807) is 6.08 Å². The zero-order valence-electron chi connectivity index (χ0n) is 47.7. The third-order valence-electron chi connectivity index (χ3n) is 14.4. The number of carbonyl (C=O) groups is 1. The summed E-state index contributed by atoms with van der Waals surface area (Å²) in [5, 5.41) is 23.2. The van der Waals surface area contributed by atoms with E-state index in [4.69, 9.17) is 0 Å². The number of hydrogen-bond donors (Lipinski definition) is 3. The fourth-order valence-corrected chi connectivity index (χ4v) is 9.66. The molecule has 3 N–H and O–H groups in total. The molecule has 0 aromatic carbocycles. The molecule has 0 aliphatic carbocycles. The van der Waals surface area contributed by atoms with Crippen LogP contribution < -0.4 is 5.32 Å². The van der Waals surface area contributed by atoms with Gasteiger partial charge in [0, 0.05) is 6.42 Å². The van der Waals surface area contributed by atoms with Crippen LogP contribution in [-0.2, 0) is 4.79 Å². The van der Waals surface area contributed by atoms with Crippen molar-refractivity contribution in [2.75, 3.05) is 6.61 Å². The van der Waals surface area contributed by atoms with E-state index in [1.165, 1.54) is 250 Å². The lowest BCUT2D eigenvalue weighted by Gasteiger charge is -2.19. The lowest BCUT2D eigenvalue weighted by molar-refractivity contribution is -0.123. The number of allylic oxidation sites excluding steroid dienone is 11. The van der Waals surface area contributed by atoms with Crippen molar-refractivity contribution in [2.45, 2.75) is 341 Å². The molecule has 0 heterocycles. The summed E-state index contributed by atoms with van der Waals surface area (Å²) in [7, 11) is 0. The van der Waals surface area contributed by atoms with E-state index in [2.05, 4.69) is 79.9 Å². The van der Waals surface area contributed by atoms with Crippen LogP contribution >= 0.6 is 0 Å². The third-order valence-corrected chi connectivity index (χ3v) is 14.4. The number of rotatable bonds is 58. The van der Waals surface area contributed by atoms with Crippen LogP contribution in [0, 0.1) is 0 Å². The first-order valence-electron chi connectivity index (χ1n) is 31.7. The predicted molar refractivity (Wildman–Crippen MR) is 317 cm³/mol. The minimum absolute atomic E-state index is 0.0714. The fraction of sp³-hybridized carbons (Fsp3) is 0.806. The Kier molecular flexibility index (Phi) is 60.2. The van der Waals surface area contributed by atoms with Crippen molar-refractivity contribution in [1.29, 1.82) is 0 Å². The number of unbranched alkanes of at least 4 members (excludes halogenated alkanes) is 41. The second-order valence-corrected chi connectivity index (χ2v) is 21.4. The molecule has 0 radical (unpaired) electrons. The van der Waals surface area contributed by atoms with Crippen LogP contribution in [-0.4, -0.2) is 34.9 Å². The third kappa shape index (κ3) is 58.6. The van der Waals surface area contributed by atoms with Crippen molar-refractivity contribution in [3.63, 3.8) is 0 Å². The van der Waals surface area contributed by atoms with Gasteiger partial charge in [0.1, 0.15) is 0 Å². The molecule has 0 aromatic rings. The van der Waals surface area contributed by atoms with Gasteiger partial charge in [-0.2, -0.15) is 0 Å². The summed E-state index contributed by atoms with van der Waals surface area (Å²) in [5.41, 5.74) is 0. The van der Waals surface area contributed by atoms with Gasteiger partial charge in [0.05, 0.1) is 18.8 Å². The molecule has 0 aliphatic heterocycles. The number of carbonyl (C=O) groups excluding carboxylic acids is 1. The van der Waals surface area contributed by atoms with E-state index in [1.807, 2.05) is 6.08 Å².